The molecule has 254 valence electrons. The van der Waals surface area contributed by atoms with Crippen LogP contribution in [0, 0.1) is 23.7 Å². The Morgan fingerprint density at radius 1 is 0.415 bits per heavy atom. The summed E-state index contributed by atoms with van der Waals surface area (Å²) in [5.41, 5.74) is 11.7. The van der Waals surface area contributed by atoms with Crippen molar-refractivity contribution in [1.82, 2.24) is 15.0 Å². The maximum atomic E-state index is 5.18. The molecule has 6 aromatic carbocycles. The molecule has 0 N–H and O–H groups in total. The lowest BCUT2D eigenvalue weighted by molar-refractivity contribution is -0.0399. The highest BCUT2D eigenvalue weighted by Crippen LogP contribution is 2.69. The van der Waals surface area contributed by atoms with Crippen molar-refractivity contribution in [2.45, 2.75) is 37.5 Å². The molecule has 0 unspecified atom stereocenters. The number of hydrogen-bond acceptors (Lipinski definition) is 4. The first-order valence-corrected chi connectivity index (χ1v) is 20.1. The Bertz CT molecular complexity index is 2730. The molecule has 0 atom stereocenters. The first-order valence-electron chi connectivity index (χ1n) is 19.3. The lowest BCUT2D eigenvalue weighted by Crippen LogP contribution is -2.55. The van der Waals surface area contributed by atoms with Crippen molar-refractivity contribution in [3.05, 3.63) is 151 Å². The van der Waals surface area contributed by atoms with Crippen LogP contribution in [0.3, 0.4) is 0 Å². The van der Waals surface area contributed by atoms with Gasteiger partial charge in [0, 0.05) is 42.3 Å². The molecule has 53 heavy (non-hydrogen) atoms. The average Bonchev–Trinajstić information content (AvgIpc) is 3.73. The van der Waals surface area contributed by atoms with Gasteiger partial charge in [-0.25, -0.2) is 15.0 Å². The molecule has 0 saturated heterocycles. The second-order valence-corrected chi connectivity index (χ2v) is 17.1. The second kappa shape index (κ2) is 11.3. The molecule has 4 bridgehead atoms. The zero-order chi connectivity index (χ0) is 34.7. The maximum absolute atomic E-state index is 5.18. The summed E-state index contributed by atoms with van der Waals surface area (Å²) in [5, 5.41) is 2.56. The number of fused-ring (bicyclic) bond motifs is 6. The summed E-state index contributed by atoms with van der Waals surface area (Å²) in [5.74, 6) is 5.42. The van der Waals surface area contributed by atoms with Crippen LogP contribution < -0.4 is 0 Å². The van der Waals surface area contributed by atoms with Gasteiger partial charge in [0.25, 0.3) is 0 Å². The van der Waals surface area contributed by atoms with Gasteiger partial charge in [0.1, 0.15) is 0 Å². The first kappa shape index (κ1) is 30.1. The van der Waals surface area contributed by atoms with Crippen molar-refractivity contribution in [2.75, 3.05) is 0 Å². The van der Waals surface area contributed by atoms with Crippen molar-refractivity contribution >= 4 is 31.5 Å². The highest BCUT2D eigenvalue weighted by atomic mass is 32.1. The SMILES string of the molecule is c1ccc(-c2nc(-c3cccc(-c4ccc5c(c4)C4(c6ccccc6-5)C5CC6C[C@H](C5)C[C@H]4C6)c3)nc(-c3ccc4c(c3)sc3ccccc34)n2)cc1. The molecule has 8 aromatic rings. The smallest absolute Gasteiger partial charge is 0.164 e. The zero-order valence-electron chi connectivity index (χ0n) is 29.4. The molecule has 0 amide bonds. The lowest BCUT2D eigenvalue weighted by atomic mass is 9.43. The van der Waals surface area contributed by atoms with Gasteiger partial charge in [-0.05, 0) is 113 Å². The maximum Gasteiger partial charge on any atom is 0.164 e. The fourth-order valence-corrected chi connectivity index (χ4v) is 12.5. The van der Waals surface area contributed by atoms with E-state index in [-0.39, 0.29) is 5.41 Å². The van der Waals surface area contributed by atoms with Crippen LogP contribution in [0.1, 0.15) is 43.2 Å². The predicted octanol–water partition coefficient (Wildman–Crippen LogP) is 12.6. The van der Waals surface area contributed by atoms with E-state index in [0.717, 1.165) is 40.4 Å². The first-order chi connectivity index (χ1) is 26.2. The van der Waals surface area contributed by atoms with E-state index in [1.165, 1.54) is 74.5 Å². The highest BCUT2D eigenvalue weighted by Gasteiger charge is 2.61. The third-order valence-corrected chi connectivity index (χ3v) is 14.4. The van der Waals surface area contributed by atoms with Crippen molar-refractivity contribution < 1.29 is 0 Å². The molecule has 5 aliphatic carbocycles. The quantitative estimate of drug-likeness (QED) is 0.184. The summed E-state index contributed by atoms with van der Waals surface area (Å²) in [7, 11) is 0. The Hall–Kier alpha value is -5.45. The van der Waals surface area contributed by atoms with Crippen LogP contribution in [-0.4, -0.2) is 15.0 Å². The fourth-order valence-electron chi connectivity index (χ4n) is 11.4. The Labute approximate surface area is 313 Å². The minimum absolute atomic E-state index is 0.149. The van der Waals surface area contributed by atoms with Gasteiger partial charge in [-0.2, -0.15) is 0 Å². The molecular formula is C49H37N3S. The molecule has 4 saturated carbocycles. The second-order valence-electron chi connectivity index (χ2n) is 16.0. The molecule has 4 fully saturated rings. The molecule has 0 radical (unpaired) electrons. The van der Waals surface area contributed by atoms with Gasteiger partial charge in [-0.15, -0.1) is 11.3 Å². The molecule has 13 rings (SSSR count). The highest BCUT2D eigenvalue weighted by molar-refractivity contribution is 7.25. The minimum Gasteiger partial charge on any atom is -0.208 e. The minimum atomic E-state index is 0.149. The molecular weight excluding hydrogens is 663 g/mol. The molecule has 0 aliphatic heterocycles. The van der Waals surface area contributed by atoms with E-state index in [9.17, 15) is 0 Å². The van der Waals surface area contributed by atoms with Gasteiger partial charge >= 0.3 is 0 Å². The summed E-state index contributed by atoms with van der Waals surface area (Å²) in [6, 6.07) is 51.1. The fraction of sp³-hybridized carbons (Fsp3) is 0.204. The van der Waals surface area contributed by atoms with Gasteiger partial charge in [0.15, 0.2) is 17.5 Å². The number of nitrogens with zero attached hydrogens (tertiary/aromatic N) is 3. The van der Waals surface area contributed by atoms with Gasteiger partial charge in [0.05, 0.1) is 0 Å². The molecule has 2 aromatic heterocycles. The number of benzene rings is 6. The monoisotopic (exact) mass is 699 g/mol. The van der Waals surface area contributed by atoms with Crippen LogP contribution in [0.2, 0.25) is 0 Å². The van der Waals surface area contributed by atoms with Crippen LogP contribution in [0.15, 0.2) is 140 Å². The predicted molar refractivity (Wildman–Crippen MR) is 218 cm³/mol. The zero-order valence-corrected chi connectivity index (χ0v) is 30.2. The Kier molecular flexibility index (Phi) is 6.39. The van der Waals surface area contributed by atoms with Crippen LogP contribution in [0.25, 0.3) is 76.6 Å². The third-order valence-electron chi connectivity index (χ3n) is 13.3. The van der Waals surface area contributed by atoms with Crippen LogP contribution in [0.5, 0.6) is 0 Å². The summed E-state index contributed by atoms with van der Waals surface area (Å²) in [6.45, 7) is 0. The largest absolute Gasteiger partial charge is 0.208 e. The number of rotatable bonds is 4. The topological polar surface area (TPSA) is 38.7 Å². The molecule has 2 heterocycles. The Balaban J connectivity index is 0.985. The van der Waals surface area contributed by atoms with Gasteiger partial charge in [0.2, 0.25) is 0 Å². The van der Waals surface area contributed by atoms with Gasteiger partial charge in [-0.1, -0.05) is 115 Å². The van der Waals surface area contributed by atoms with Crippen LogP contribution in [0.4, 0.5) is 0 Å². The van der Waals surface area contributed by atoms with E-state index in [1.54, 1.807) is 11.1 Å². The average molecular weight is 700 g/mol. The summed E-state index contributed by atoms with van der Waals surface area (Å²) >= 11 is 1.82. The summed E-state index contributed by atoms with van der Waals surface area (Å²) in [6.07, 6.45) is 7.03. The standard InChI is InChI=1S/C49H37N3S/c1-2-9-31(10-3-1)46-50-47(52-48(51-46)35-18-20-41-40-14-5-7-16-44(40)53-45(41)28-35)34-12-8-11-32(26-34)33-17-19-39-38-13-4-6-15-42(38)49(43(39)27-33)36-22-29-21-30(24-36)25-37(49)23-29/h1-20,26-30,36-37H,21-25H2/t29-,30?,36-,37?,49?/m0/s1. The molecule has 5 aliphatic rings. The van der Waals surface area contributed by atoms with Gasteiger partial charge < -0.3 is 0 Å². The number of hydrogen-bond donors (Lipinski definition) is 0. The van der Waals surface area contributed by atoms with E-state index in [0.29, 0.717) is 17.5 Å². The van der Waals surface area contributed by atoms with Crippen molar-refractivity contribution in [2.24, 2.45) is 23.7 Å². The Morgan fingerprint density at radius 2 is 1.00 bits per heavy atom. The number of thiophene rings is 1. The van der Waals surface area contributed by atoms with Crippen molar-refractivity contribution in [3.8, 4) is 56.4 Å². The van der Waals surface area contributed by atoms with E-state index in [4.69, 9.17) is 15.0 Å². The number of aromatic nitrogens is 3. The third kappa shape index (κ3) is 4.42. The van der Waals surface area contributed by atoms with E-state index in [2.05, 4.69) is 121 Å². The van der Waals surface area contributed by atoms with E-state index in [1.807, 2.05) is 29.5 Å². The summed E-state index contributed by atoms with van der Waals surface area (Å²) in [4.78, 5) is 15.4. The van der Waals surface area contributed by atoms with Crippen LogP contribution in [-0.2, 0) is 5.41 Å². The normalized spacial score (nSPS) is 23.5. The van der Waals surface area contributed by atoms with E-state index >= 15 is 0 Å². The van der Waals surface area contributed by atoms with Crippen molar-refractivity contribution in [3.63, 3.8) is 0 Å². The van der Waals surface area contributed by atoms with Crippen molar-refractivity contribution in [1.29, 1.82) is 0 Å². The van der Waals surface area contributed by atoms with Crippen LogP contribution >= 0.6 is 11.3 Å². The Morgan fingerprint density at radius 3 is 1.81 bits per heavy atom. The lowest BCUT2D eigenvalue weighted by Gasteiger charge is -2.61. The van der Waals surface area contributed by atoms with Gasteiger partial charge in [-0.3, -0.25) is 0 Å². The van der Waals surface area contributed by atoms with E-state index < -0.39 is 0 Å². The molecule has 4 heteroatoms. The molecule has 1 spiro atoms. The summed E-state index contributed by atoms with van der Waals surface area (Å²) < 4.78 is 2.53. The molecule has 3 nitrogen and oxygen atoms in total.